The Morgan fingerprint density at radius 1 is 1.04 bits per heavy atom. The largest absolute Gasteiger partial charge is 0.319 e. The molecule has 1 aromatic carbocycles. The Hall–Kier alpha value is -2.63. The van der Waals surface area contributed by atoms with Gasteiger partial charge in [-0.25, -0.2) is 4.98 Å². The molecule has 2 N–H and O–H groups in total. The highest BCUT2D eigenvalue weighted by molar-refractivity contribution is 5.73. The SMILES string of the molecule is CCCCCc1nc2c(=O)[nH][nH]c(=O)c2n1Cc1ccccc1. The van der Waals surface area contributed by atoms with Gasteiger partial charge in [-0.05, 0) is 12.0 Å². The van der Waals surface area contributed by atoms with Crippen LogP contribution in [0.3, 0.4) is 0 Å². The van der Waals surface area contributed by atoms with Gasteiger partial charge in [-0.1, -0.05) is 50.1 Å². The lowest BCUT2D eigenvalue weighted by Gasteiger charge is -2.08. The van der Waals surface area contributed by atoms with Crippen molar-refractivity contribution in [2.75, 3.05) is 0 Å². The van der Waals surface area contributed by atoms with Crippen molar-refractivity contribution in [3.8, 4) is 0 Å². The number of H-pyrrole nitrogens is 2. The summed E-state index contributed by atoms with van der Waals surface area (Å²) in [6, 6.07) is 9.88. The summed E-state index contributed by atoms with van der Waals surface area (Å²) in [5.41, 5.74) is 0.969. The molecule has 23 heavy (non-hydrogen) atoms. The second-order valence-corrected chi connectivity index (χ2v) is 5.66. The van der Waals surface area contributed by atoms with Crippen LogP contribution in [0.15, 0.2) is 39.9 Å². The lowest BCUT2D eigenvalue weighted by atomic mass is 10.2. The number of benzene rings is 1. The molecule has 0 atom stereocenters. The van der Waals surface area contributed by atoms with E-state index < -0.39 is 0 Å². The maximum atomic E-state index is 12.2. The number of nitrogens with zero attached hydrogens (tertiary/aromatic N) is 2. The predicted octanol–water partition coefficient (Wildman–Crippen LogP) is 2.19. The van der Waals surface area contributed by atoms with Crippen LogP contribution in [0.25, 0.3) is 11.0 Å². The van der Waals surface area contributed by atoms with Gasteiger partial charge in [-0.2, -0.15) is 0 Å². The fourth-order valence-electron chi connectivity index (χ4n) is 2.78. The molecule has 120 valence electrons. The second kappa shape index (κ2) is 6.64. The predicted molar refractivity (Wildman–Crippen MR) is 89.7 cm³/mol. The molecule has 0 amide bonds. The molecule has 2 aromatic heterocycles. The van der Waals surface area contributed by atoms with Crippen LogP contribution in [-0.2, 0) is 13.0 Å². The van der Waals surface area contributed by atoms with Crippen LogP contribution >= 0.6 is 0 Å². The van der Waals surface area contributed by atoms with E-state index >= 15 is 0 Å². The summed E-state index contributed by atoms with van der Waals surface area (Å²) in [5, 5.41) is 4.74. The fourth-order valence-corrected chi connectivity index (χ4v) is 2.78. The summed E-state index contributed by atoms with van der Waals surface area (Å²) in [5.74, 6) is 0.791. The molecular formula is C17H20N4O2. The van der Waals surface area contributed by atoms with Gasteiger partial charge in [0.15, 0.2) is 5.52 Å². The average Bonchev–Trinajstić information content (AvgIpc) is 2.92. The highest BCUT2D eigenvalue weighted by Crippen LogP contribution is 2.14. The van der Waals surface area contributed by atoms with Crippen LogP contribution in [0.4, 0.5) is 0 Å². The van der Waals surface area contributed by atoms with E-state index in [0.717, 1.165) is 37.1 Å². The van der Waals surface area contributed by atoms with Crippen molar-refractivity contribution >= 4 is 11.0 Å². The third-order valence-corrected chi connectivity index (χ3v) is 3.95. The van der Waals surface area contributed by atoms with Gasteiger partial charge in [0.05, 0.1) is 0 Å². The molecule has 0 aliphatic carbocycles. The summed E-state index contributed by atoms with van der Waals surface area (Å²) >= 11 is 0. The number of unbranched alkanes of at least 4 members (excludes halogenated alkanes) is 2. The molecule has 0 unspecified atom stereocenters. The summed E-state index contributed by atoms with van der Waals surface area (Å²) in [6.45, 7) is 2.67. The van der Waals surface area contributed by atoms with Gasteiger partial charge >= 0.3 is 0 Å². The summed E-state index contributed by atoms with van der Waals surface area (Å²) in [4.78, 5) is 28.6. The zero-order chi connectivity index (χ0) is 16.2. The molecule has 2 heterocycles. The molecule has 0 aliphatic rings. The highest BCUT2D eigenvalue weighted by Gasteiger charge is 2.16. The smallest absolute Gasteiger partial charge is 0.290 e. The van der Waals surface area contributed by atoms with E-state index in [4.69, 9.17) is 0 Å². The van der Waals surface area contributed by atoms with Gasteiger partial charge in [0.25, 0.3) is 11.1 Å². The van der Waals surface area contributed by atoms with Crippen molar-refractivity contribution in [2.45, 2.75) is 39.2 Å². The van der Waals surface area contributed by atoms with Crippen molar-refractivity contribution < 1.29 is 0 Å². The molecule has 0 saturated heterocycles. The zero-order valence-corrected chi connectivity index (χ0v) is 13.1. The highest BCUT2D eigenvalue weighted by atomic mass is 16.1. The van der Waals surface area contributed by atoms with Crippen molar-refractivity contribution in [3.63, 3.8) is 0 Å². The Morgan fingerprint density at radius 2 is 1.78 bits per heavy atom. The Kier molecular flexibility index (Phi) is 4.41. The van der Waals surface area contributed by atoms with E-state index in [-0.39, 0.29) is 16.6 Å². The number of imidazole rings is 1. The molecule has 3 rings (SSSR count). The van der Waals surface area contributed by atoms with E-state index in [0.29, 0.717) is 12.1 Å². The number of aromatic amines is 2. The first-order chi connectivity index (χ1) is 11.2. The Bertz CT molecular complexity index is 906. The second-order valence-electron chi connectivity index (χ2n) is 5.66. The molecule has 0 aliphatic heterocycles. The van der Waals surface area contributed by atoms with E-state index in [2.05, 4.69) is 22.1 Å². The number of fused-ring (bicyclic) bond motifs is 1. The van der Waals surface area contributed by atoms with Crippen LogP contribution in [0, 0.1) is 0 Å². The number of hydrogen-bond acceptors (Lipinski definition) is 3. The van der Waals surface area contributed by atoms with Crippen molar-refractivity contribution in [1.29, 1.82) is 0 Å². The molecule has 0 fully saturated rings. The number of aromatic nitrogens is 4. The topological polar surface area (TPSA) is 83.5 Å². The molecule has 0 saturated carbocycles. The van der Waals surface area contributed by atoms with Crippen molar-refractivity contribution in [3.05, 3.63) is 62.4 Å². The molecule has 0 spiro atoms. The van der Waals surface area contributed by atoms with Crippen molar-refractivity contribution in [2.24, 2.45) is 0 Å². The molecule has 6 nitrogen and oxygen atoms in total. The summed E-state index contributed by atoms with van der Waals surface area (Å²) < 4.78 is 1.87. The minimum atomic E-state index is -0.358. The summed E-state index contributed by atoms with van der Waals surface area (Å²) in [6.07, 6.45) is 3.96. The van der Waals surface area contributed by atoms with Crippen molar-refractivity contribution in [1.82, 2.24) is 19.7 Å². The molecule has 3 aromatic rings. The van der Waals surface area contributed by atoms with Gasteiger partial charge in [0.1, 0.15) is 11.3 Å². The average molecular weight is 312 g/mol. The van der Waals surface area contributed by atoms with E-state index in [9.17, 15) is 9.59 Å². The summed E-state index contributed by atoms with van der Waals surface area (Å²) in [7, 11) is 0. The fraction of sp³-hybridized carbons (Fsp3) is 0.353. The lowest BCUT2D eigenvalue weighted by Crippen LogP contribution is -2.21. The van der Waals surface area contributed by atoms with Crippen LogP contribution in [0.1, 0.15) is 37.6 Å². The third-order valence-electron chi connectivity index (χ3n) is 3.95. The minimum Gasteiger partial charge on any atom is -0.319 e. The van der Waals surface area contributed by atoms with Crippen LogP contribution in [-0.4, -0.2) is 19.7 Å². The number of hydrogen-bond donors (Lipinski definition) is 2. The third kappa shape index (κ3) is 3.11. The van der Waals surface area contributed by atoms with Gasteiger partial charge in [-0.3, -0.25) is 19.8 Å². The molecule has 0 radical (unpaired) electrons. The Morgan fingerprint density at radius 3 is 2.52 bits per heavy atom. The quantitative estimate of drug-likeness (QED) is 0.684. The van der Waals surface area contributed by atoms with Gasteiger partial charge in [-0.15, -0.1) is 0 Å². The van der Waals surface area contributed by atoms with Crippen LogP contribution < -0.4 is 11.1 Å². The zero-order valence-electron chi connectivity index (χ0n) is 13.1. The first kappa shape index (κ1) is 15.3. The molecule has 6 heteroatoms. The first-order valence-electron chi connectivity index (χ1n) is 7.94. The maximum absolute atomic E-state index is 12.2. The van der Waals surface area contributed by atoms with Gasteiger partial charge in [0, 0.05) is 13.0 Å². The molecule has 0 bridgehead atoms. The normalized spacial score (nSPS) is 11.2. The number of rotatable bonds is 6. The molecular weight excluding hydrogens is 292 g/mol. The van der Waals surface area contributed by atoms with Crippen LogP contribution in [0.5, 0.6) is 0 Å². The lowest BCUT2D eigenvalue weighted by molar-refractivity contribution is 0.658. The standard InChI is InChI=1S/C17H20N4O2/c1-2-3-5-10-13-18-14-15(17(23)20-19-16(14)22)21(13)11-12-8-6-4-7-9-12/h4,6-9H,2-3,5,10-11H2,1H3,(H,19,22)(H,20,23). The minimum absolute atomic E-state index is 0.219. The Labute approximate surface area is 133 Å². The van der Waals surface area contributed by atoms with E-state index in [1.165, 1.54) is 0 Å². The van der Waals surface area contributed by atoms with Crippen LogP contribution in [0.2, 0.25) is 0 Å². The van der Waals surface area contributed by atoms with E-state index in [1.807, 2.05) is 34.9 Å². The monoisotopic (exact) mass is 312 g/mol. The van der Waals surface area contributed by atoms with E-state index in [1.54, 1.807) is 0 Å². The number of aryl methyl sites for hydroxylation is 1. The van der Waals surface area contributed by atoms with Gasteiger partial charge in [0.2, 0.25) is 0 Å². The van der Waals surface area contributed by atoms with Gasteiger partial charge < -0.3 is 4.57 Å². The maximum Gasteiger partial charge on any atom is 0.290 e. The first-order valence-corrected chi connectivity index (χ1v) is 7.94. The Balaban J connectivity index is 2.11. The number of nitrogens with one attached hydrogen (secondary N) is 2.